The molecular formula is C18H19NO3. The molecule has 22 heavy (non-hydrogen) atoms. The molecule has 2 aromatic rings. The van der Waals surface area contributed by atoms with Crippen molar-refractivity contribution in [3.63, 3.8) is 0 Å². The Labute approximate surface area is 130 Å². The first-order valence-electron chi connectivity index (χ1n) is 7.14. The zero-order valence-electron chi connectivity index (χ0n) is 12.7. The van der Waals surface area contributed by atoms with Crippen LogP contribution < -0.4 is 5.32 Å². The molecule has 0 bridgehead atoms. The second-order valence-corrected chi connectivity index (χ2v) is 5.14. The van der Waals surface area contributed by atoms with E-state index in [0.717, 1.165) is 5.56 Å². The van der Waals surface area contributed by atoms with Crippen molar-refractivity contribution in [1.29, 1.82) is 0 Å². The van der Waals surface area contributed by atoms with E-state index in [1.54, 1.807) is 24.3 Å². The lowest BCUT2D eigenvalue weighted by Gasteiger charge is -2.14. The summed E-state index contributed by atoms with van der Waals surface area (Å²) in [6, 6.07) is 16.4. The van der Waals surface area contributed by atoms with E-state index in [0.29, 0.717) is 5.56 Å². The lowest BCUT2D eigenvalue weighted by molar-refractivity contribution is -0.124. The smallest absolute Gasteiger partial charge is 0.338 e. The van der Waals surface area contributed by atoms with Gasteiger partial charge in [-0.05, 0) is 31.5 Å². The summed E-state index contributed by atoms with van der Waals surface area (Å²) in [5, 5.41) is 2.81. The van der Waals surface area contributed by atoms with Gasteiger partial charge in [-0.3, -0.25) is 4.79 Å². The van der Waals surface area contributed by atoms with Gasteiger partial charge in [-0.1, -0.05) is 48.0 Å². The van der Waals surface area contributed by atoms with Gasteiger partial charge in [0.1, 0.15) is 0 Å². The van der Waals surface area contributed by atoms with Crippen molar-refractivity contribution in [2.45, 2.75) is 19.9 Å². The van der Waals surface area contributed by atoms with Crippen LogP contribution in [0.1, 0.15) is 34.5 Å². The van der Waals surface area contributed by atoms with Crippen LogP contribution in [0.25, 0.3) is 0 Å². The zero-order chi connectivity index (χ0) is 15.9. The molecule has 2 rings (SSSR count). The summed E-state index contributed by atoms with van der Waals surface area (Å²) < 4.78 is 4.99. The van der Waals surface area contributed by atoms with E-state index in [-0.39, 0.29) is 18.6 Å². The zero-order valence-corrected chi connectivity index (χ0v) is 12.7. The van der Waals surface area contributed by atoms with Gasteiger partial charge in [0.2, 0.25) is 0 Å². The molecule has 0 heterocycles. The lowest BCUT2D eigenvalue weighted by atomic mass is 10.1. The highest BCUT2D eigenvalue weighted by molar-refractivity contribution is 5.91. The fraction of sp³-hybridized carbons (Fsp3) is 0.222. The van der Waals surface area contributed by atoms with Crippen LogP contribution in [0.15, 0.2) is 54.6 Å². The monoisotopic (exact) mass is 297 g/mol. The molecule has 0 aliphatic carbocycles. The SMILES string of the molecule is Cc1ccc([C@@H](C)NC(=O)COC(=O)c2ccccc2)cc1. The molecule has 4 nitrogen and oxygen atoms in total. The summed E-state index contributed by atoms with van der Waals surface area (Å²) in [4.78, 5) is 23.6. The Kier molecular flexibility index (Phi) is 5.31. The molecule has 1 N–H and O–H groups in total. The molecule has 1 amide bonds. The van der Waals surface area contributed by atoms with Crippen molar-refractivity contribution in [1.82, 2.24) is 5.32 Å². The van der Waals surface area contributed by atoms with E-state index in [2.05, 4.69) is 5.32 Å². The molecule has 0 spiro atoms. The highest BCUT2D eigenvalue weighted by Gasteiger charge is 2.12. The second-order valence-electron chi connectivity index (χ2n) is 5.14. The quantitative estimate of drug-likeness (QED) is 0.863. The fourth-order valence-electron chi connectivity index (χ4n) is 2.01. The van der Waals surface area contributed by atoms with Crippen molar-refractivity contribution in [2.24, 2.45) is 0 Å². The number of nitrogens with one attached hydrogen (secondary N) is 1. The Bertz CT molecular complexity index is 635. The highest BCUT2D eigenvalue weighted by Crippen LogP contribution is 2.12. The predicted molar refractivity (Wildman–Crippen MR) is 84.5 cm³/mol. The van der Waals surface area contributed by atoms with Crippen LogP contribution in [0.2, 0.25) is 0 Å². The number of amides is 1. The minimum absolute atomic E-state index is 0.136. The Morgan fingerprint density at radius 2 is 1.68 bits per heavy atom. The third-order valence-corrected chi connectivity index (χ3v) is 3.30. The Morgan fingerprint density at radius 3 is 2.32 bits per heavy atom. The average molecular weight is 297 g/mol. The fourth-order valence-corrected chi connectivity index (χ4v) is 2.01. The number of benzene rings is 2. The molecule has 0 saturated heterocycles. The van der Waals surface area contributed by atoms with E-state index in [4.69, 9.17) is 4.74 Å². The van der Waals surface area contributed by atoms with Crippen LogP contribution >= 0.6 is 0 Å². The van der Waals surface area contributed by atoms with Crippen molar-refractivity contribution in [2.75, 3.05) is 6.61 Å². The maximum absolute atomic E-state index is 11.8. The molecule has 0 unspecified atom stereocenters. The predicted octanol–water partition coefficient (Wildman–Crippen LogP) is 3.03. The topological polar surface area (TPSA) is 55.4 Å². The molecule has 0 aromatic heterocycles. The van der Waals surface area contributed by atoms with Crippen LogP contribution in [0.3, 0.4) is 0 Å². The number of carbonyl (C=O) groups excluding carboxylic acids is 2. The second kappa shape index (κ2) is 7.41. The Hall–Kier alpha value is -2.62. The minimum atomic E-state index is -0.501. The number of aryl methyl sites for hydroxylation is 1. The molecule has 0 fully saturated rings. The molecule has 1 atom stereocenters. The van der Waals surface area contributed by atoms with Crippen LogP contribution in [-0.4, -0.2) is 18.5 Å². The van der Waals surface area contributed by atoms with Crippen molar-refractivity contribution in [3.05, 3.63) is 71.3 Å². The van der Waals surface area contributed by atoms with Crippen molar-refractivity contribution >= 4 is 11.9 Å². The van der Waals surface area contributed by atoms with Gasteiger partial charge in [0.05, 0.1) is 11.6 Å². The van der Waals surface area contributed by atoms with E-state index in [9.17, 15) is 9.59 Å². The van der Waals surface area contributed by atoms with Gasteiger partial charge in [-0.25, -0.2) is 4.79 Å². The molecule has 0 saturated carbocycles. The molecule has 2 aromatic carbocycles. The summed E-state index contributed by atoms with van der Waals surface area (Å²) in [5.74, 6) is -0.823. The lowest BCUT2D eigenvalue weighted by Crippen LogP contribution is -2.31. The largest absolute Gasteiger partial charge is 0.452 e. The average Bonchev–Trinajstić information content (AvgIpc) is 2.54. The van der Waals surface area contributed by atoms with Gasteiger partial charge in [-0.15, -0.1) is 0 Å². The van der Waals surface area contributed by atoms with Gasteiger partial charge < -0.3 is 10.1 Å². The standard InChI is InChI=1S/C18H19NO3/c1-13-8-10-15(11-9-13)14(2)19-17(20)12-22-18(21)16-6-4-3-5-7-16/h3-11,14H,12H2,1-2H3,(H,19,20)/t14-/m1/s1. The molecule has 0 aliphatic rings. The van der Waals surface area contributed by atoms with Gasteiger partial charge in [0.15, 0.2) is 6.61 Å². The minimum Gasteiger partial charge on any atom is -0.452 e. The number of rotatable bonds is 5. The summed E-state index contributed by atoms with van der Waals surface area (Å²) in [6.07, 6.45) is 0. The first-order chi connectivity index (χ1) is 10.6. The Morgan fingerprint density at radius 1 is 1.05 bits per heavy atom. The summed E-state index contributed by atoms with van der Waals surface area (Å²) in [5.41, 5.74) is 2.61. The maximum Gasteiger partial charge on any atom is 0.338 e. The summed E-state index contributed by atoms with van der Waals surface area (Å²) in [6.45, 7) is 3.61. The number of hydrogen-bond donors (Lipinski definition) is 1. The number of hydrogen-bond acceptors (Lipinski definition) is 3. The van der Waals surface area contributed by atoms with Crippen LogP contribution in [0, 0.1) is 6.92 Å². The molecule has 0 aliphatic heterocycles. The van der Waals surface area contributed by atoms with E-state index >= 15 is 0 Å². The van der Waals surface area contributed by atoms with Crippen LogP contribution in [0.4, 0.5) is 0 Å². The van der Waals surface area contributed by atoms with Gasteiger partial charge in [0, 0.05) is 0 Å². The summed E-state index contributed by atoms with van der Waals surface area (Å²) in [7, 11) is 0. The number of esters is 1. The van der Waals surface area contributed by atoms with Crippen molar-refractivity contribution in [3.8, 4) is 0 Å². The molecule has 0 radical (unpaired) electrons. The van der Waals surface area contributed by atoms with Crippen LogP contribution in [0.5, 0.6) is 0 Å². The van der Waals surface area contributed by atoms with Gasteiger partial charge >= 0.3 is 5.97 Å². The van der Waals surface area contributed by atoms with Gasteiger partial charge in [-0.2, -0.15) is 0 Å². The Balaban J connectivity index is 1.83. The first-order valence-corrected chi connectivity index (χ1v) is 7.14. The normalized spacial score (nSPS) is 11.5. The third kappa shape index (κ3) is 4.45. The molecular weight excluding hydrogens is 278 g/mol. The maximum atomic E-state index is 11.8. The van der Waals surface area contributed by atoms with Crippen molar-refractivity contribution < 1.29 is 14.3 Å². The van der Waals surface area contributed by atoms with E-state index in [1.165, 1.54) is 5.56 Å². The van der Waals surface area contributed by atoms with E-state index < -0.39 is 5.97 Å². The summed E-state index contributed by atoms with van der Waals surface area (Å²) >= 11 is 0. The third-order valence-electron chi connectivity index (χ3n) is 3.30. The molecule has 4 heteroatoms. The number of ether oxygens (including phenoxy) is 1. The highest BCUT2D eigenvalue weighted by atomic mass is 16.5. The number of carbonyl (C=O) groups is 2. The van der Waals surface area contributed by atoms with E-state index in [1.807, 2.05) is 44.2 Å². The molecule has 114 valence electrons. The first kappa shape index (κ1) is 15.8. The van der Waals surface area contributed by atoms with Gasteiger partial charge in [0.25, 0.3) is 5.91 Å². The van der Waals surface area contributed by atoms with Crippen LogP contribution in [-0.2, 0) is 9.53 Å².